The lowest BCUT2D eigenvalue weighted by Gasteiger charge is -2.32. The van der Waals surface area contributed by atoms with Gasteiger partial charge in [-0.15, -0.1) is 0 Å². The van der Waals surface area contributed by atoms with E-state index in [1.807, 2.05) is 0 Å². The Morgan fingerprint density at radius 2 is 0.766 bits per heavy atom. The summed E-state index contributed by atoms with van der Waals surface area (Å²) >= 11 is 0. The minimum absolute atomic E-state index is 0.150. The fourth-order valence-corrected chi connectivity index (χ4v) is 11.1. The van der Waals surface area contributed by atoms with Gasteiger partial charge < -0.3 is 14.4 Å². The summed E-state index contributed by atoms with van der Waals surface area (Å²) < 4.78 is 2.46. The van der Waals surface area contributed by atoms with E-state index in [4.69, 9.17) is 0 Å². The second kappa shape index (κ2) is 14.2. The molecule has 0 amide bonds. The molecule has 0 spiro atoms. The lowest BCUT2D eigenvalue weighted by Crippen LogP contribution is -2.18. The normalized spacial score (nSPS) is 14.0. The number of anilines is 6. The van der Waals surface area contributed by atoms with Crippen LogP contribution in [-0.4, -0.2) is 4.57 Å². The van der Waals surface area contributed by atoms with E-state index in [0.29, 0.717) is 0 Å². The van der Waals surface area contributed by atoms with E-state index in [-0.39, 0.29) is 10.8 Å². The minimum atomic E-state index is -0.151. The number of aryl methyl sites for hydroxylation is 1. The highest BCUT2D eigenvalue weighted by molar-refractivity contribution is 6.09. The molecule has 3 nitrogen and oxygen atoms in total. The van der Waals surface area contributed by atoms with Gasteiger partial charge in [-0.1, -0.05) is 155 Å². The van der Waals surface area contributed by atoms with Gasteiger partial charge >= 0.3 is 0 Å². The summed E-state index contributed by atoms with van der Waals surface area (Å²) in [5, 5.41) is 2.47. The van der Waals surface area contributed by atoms with Crippen LogP contribution >= 0.6 is 0 Å². The summed E-state index contributed by atoms with van der Waals surface area (Å²) in [7, 11) is 0. The molecule has 64 heavy (non-hydrogen) atoms. The average Bonchev–Trinajstić information content (AvgIpc) is 3.86. The zero-order valence-corrected chi connectivity index (χ0v) is 37.0. The van der Waals surface area contributed by atoms with Gasteiger partial charge in [0.25, 0.3) is 0 Å². The number of hydrogen-bond acceptors (Lipinski definition) is 2. The summed E-state index contributed by atoms with van der Waals surface area (Å²) in [6.45, 7) is 11.7. The van der Waals surface area contributed by atoms with Crippen LogP contribution in [0.25, 0.3) is 49.7 Å². The van der Waals surface area contributed by atoms with Crippen LogP contribution < -0.4 is 9.80 Å². The van der Waals surface area contributed by atoms with Crippen LogP contribution in [0, 0.1) is 6.92 Å². The van der Waals surface area contributed by atoms with Crippen LogP contribution in [0.2, 0.25) is 0 Å². The topological polar surface area (TPSA) is 11.4 Å². The molecule has 0 unspecified atom stereocenters. The van der Waals surface area contributed by atoms with Crippen molar-refractivity contribution in [3.05, 3.63) is 234 Å². The number of benzene rings is 9. The van der Waals surface area contributed by atoms with E-state index < -0.39 is 0 Å². The maximum absolute atomic E-state index is 2.47. The fraction of sp³-hybridized carbons (Fsp3) is 0.115. The van der Waals surface area contributed by atoms with Crippen molar-refractivity contribution in [1.82, 2.24) is 4.57 Å². The minimum Gasteiger partial charge on any atom is -0.310 e. The monoisotopic (exact) mass is 823 g/mol. The van der Waals surface area contributed by atoms with Crippen molar-refractivity contribution in [3.63, 3.8) is 0 Å². The van der Waals surface area contributed by atoms with Gasteiger partial charge in [-0.3, -0.25) is 0 Å². The molecule has 0 atom stereocenters. The Kier molecular flexibility index (Phi) is 8.45. The number of nitrogens with zero attached hydrogens (tertiary/aromatic N) is 3. The maximum atomic E-state index is 2.47. The Hall–Kier alpha value is -7.62. The smallest absolute Gasteiger partial charge is 0.0541 e. The summed E-state index contributed by atoms with van der Waals surface area (Å²) in [4.78, 5) is 4.93. The van der Waals surface area contributed by atoms with Crippen LogP contribution in [0.5, 0.6) is 0 Å². The van der Waals surface area contributed by atoms with E-state index in [2.05, 4.69) is 255 Å². The molecule has 9 aromatic carbocycles. The summed E-state index contributed by atoms with van der Waals surface area (Å²) in [5.41, 5.74) is 21.6. The van der Waals surface area contributed by atoms with E-state index in [0.717, 1.165) is 39.8 Å². The Balaban J connectivity index is 1.14. The van der Waals surface area contributed by atoms with Crippen LogP contribution in [0.3, 0.4) is 0 Å². The van der Waals surface area contributed by atoms with Crippen molar-refractivity contribution in [2.24, 2.45) is 0 Å². The molecule has 0 radical (unpaired) electrons. The van der Waals surface area contributed by atoms with E-state index in [1.165, 1.54) is 71.9 Å². The Labute approximate surface area is 376 Å². The molecular formula is C61H49N3. The molecule has 0 fully saturated rings. The zero-order valence-electron chi connectivity index (χ0n) is 37.0. The molecule has 0 aliphatic heterocycles. The molecule has 2 aliphatic rings. The molecule has 3 heteroatoms. The lowest BCUT2D eigenvalue weighted by atomic mass is 9.82. The third-order valence-electron chi connectivity index (χ3n) is 14.2. The summed E-state index contributed by atoms with van der Waals surface area (Å²) in [5.74, 6) is 0. The highest BCUT2D eigenvalue weighted by atomic mass is 15.2. The standard InChI is InChI=1S/C61H49N3/c1-40-18-17-21-42(34-40)63(44-31-33-51-49-23-10-14-27-55(49)61(4,5)57(51)39-44)46-35-45(36-47(37-46)64-58-28-15-11-24-52(58)53-25-12-16-29-59(53)64)62(41-19-7-6-8-20-41)43-30-32-50-48-22-9-13-26-54(48)60(2,3)56(50)38-43/h6-39H,1-5H3. The van der Waals surface area contributed by atoms with Crippen LogP contribution in [0.4, 0.5) is 34.1 Å². The maximum Gasteiger partial charge on any atom is 0.0541 e. The second-order valence-electron chi connectivity index (χ2n) is 18.7. The molecule has 308 valence electrons. The third kappa shape index (κ3) is 5.73. The number of fused-ring (bicyclic) bond motifs is 9. The predicted molar refractivity (Wildman–Crippen MR) is 270 cm³/mol. The Morgan fingerprint density at radius 1 is 0.328 bits per heavy atom. The van der Waals surface area contributed by atoms with Gasteiger partial charge in [-0.05, 0) is 136 Å². The van der Waals surface area contributed by atoms with Gasteiger partial charge in [0.1, 0.15) is 0 Å². The van der Waals surface area contributed by atoms with Gasteiger partial charge in [0.05, 0.1) is 28.1 Å². The number of hydrogen-bond donors (Lipinski definition) is 0. The van der Waals surface area contributed by atoms with Crippen molar-refractivity contribution in [2.45, 2.75) is 45.4 Å². The highest BCUT2D eigenvalue weighted by Crippen LogP contribution is 2.53. The largest absolute Gasteiger partial charge is 0.310 e. The van der Waals surface area contributed by atoms with Gasteiger partial charge in [0.15, 0.2) is 0 Å². The van der Waals surface area contributed by atoms with Crippen LogP contribution in [0.15, 0.2) is 206 Å². The van der Waals surface area contributed by atoms with Gasteiger partial charge in [-0.25, -0.2) is 0 Å². The van der Waals surface area contributed by atoms with Crippen molar-refractivity contribution in [1.29, 1.82) is 0 Å². The van der Waals surface area contributed by atoms with E-state index in [9.17, 15) is 0 Å². The quantitative estimate of drug-likeness (QED) is 0.159. The van der Waals surface area contributed by atoms with Crippen molar-refractivity contribution in [2.75, 3.05) is 9.80 Å². The van der Waals surface area contributed by atoms with Gasteiger partial charge in [0, 0.05) is 44.4 Å². The summed E-state index contributed by atoms with van der Waals surface area (Å²) in [6, 6.07) is 76.7. The molecule has 0 bridgehead atoms. The van der Waals surface area contributed by atoms with Crippen LogP contribution in [-0.2, 0) is 10.8 Å². The molecule has 12 rings (SSSR count). The SMILES string of the molecule is Cc1cccc(N(c2cc(N(c3ccccc3)c3ccc4c(c3)C(C)(C)c3ccccc3-4)cc(-n3c4ccccc4c4ccccc43)c2)c2ccc3c(c2)C(C)(C)c2ccccc2-3)c1. The first-order valence-electron chi connectivity index (χ1n) is 22.5. The first kappa shape index (κ1) is 38.1. The molecule has 10 aromatic rings. The fourth-order valence-electron chi connectivity index (χ4n) is 11.1. The predicted octanol–water partition coefficient (Wildman–Crippen LogP) is 16.6. The third-order valence-corrected chi connectivity index (χ3v) is 14.2. The zero-order chi connectivity index (χ0) is 43.3. The molecule has 1 heterocycles. The van der Waals surface area contributed by atoms with Crippen molar-refractivity contribution >= 4 is 55.9 Å². The second-order valence-corrected chi connectivity index (χ2v) is 18.7. The summed E-state index contributed by atoms with van der Waals surface area (Å²) in [6.07, 6.45) is 0. The van der Waals surface area contributed by atoms with Crippen molar-refractivity contribution < 1.29 is 0 Å². The van der Waals surface area contributed by atoms with Gasteiger partial charge in [0.2, 0.25) is 0 Å². The lowest BCUT2D eigenvalue weighted by molar-refractivity contribution is 0.660. The molecule has 2 aliphatic carbocycles. The number of rotatable bonds is 7. The molecule has 0 saturated carbocycles. The molecular weight excluding hydrogens is 775 g/mol. The number of para-hydroxylation sites is 3. The first-order chi connectivity index (χ1) is 31.2. The Bertz CT molecular complexity index is 3420. The Morgan fingerprint density at radius 3 is 1.31 bits per heavy atom. The highest BCUT2D eigenvalue weighted by Gasteiger charge is 2.37. The van der Waals surface area contributed by atoms with Crippen molar-refractivity contribution in [3.8, 4) is 27.9 Å². The number of aromatic nitrogens is 1. The van der Waals surface area contributed by atoms with Crippen LogP contribution in [0.1, 0.15) is 55.5 Å². The first-order valence-corrected chi connectivity index (χ1v) is 22.5. The molecule has 0 saturated heterocycles. The van der Waals surface area contributed by atoms with E-state index >= 15 is 0 Å². The average molecular weight is 824 g/mol. The van der Waals surface area contributed by atoms with Gasteiger partial charge in [-0.2, -0.15) is 0 Å². The van der Waals surface area contributed by atoms with E-state index in [1.54, 1.807) is 0 Å². The molecule has 1 aromatic heterocycles. The molecule has 0 N–H and O–H groups in total.